The van der Waals surface area contributed by atoms with E-state index in [4.69, 9.17) is 5.73 Å². The monoisotopic (exact) mass is 268 g/mol. The summed E-state index contributed by atoms with van der Waals surface area (Å²) in [6.07, 6.45) is 3.96. The van der Waals surface area contributed by atoms with Crippen LogP contribution in [0.2, 0.25) is 0 Å². The van der Waals surface area contributed by atoms with E-state index in [1.54, 1.807) is 0 Å². The van der Waals surface area contributed by atoms with Crippen LogP contribution in [0.15, 0.2) is 5.16 Å². The number of rotatable bonds is 4. The van der Waals surface area contributed by atoms with Gasteiger partial charge in [0.1, 0.15) is 5.82 Å². The van der Waals surface area contributed by atoms with Crippen molar-refractivity contribution in [2.24, 2.45) is 17.6 Å². The standard InChI is InChI=1S/C13H24N4S/c1-9-6-10(2)8-12(7-9)18-13-16-15-11(3)17(13)5-4-14/h9-10,12H,4-8,14H2,1-3H3. The SMILES string of the molecule is Cc1nnc(SC2CC(C)CC(C)C2)n1CCN. The van der Waals surface area contributed by atoms with E-state index in [1.807, 2.05) is 18.7 Å². The predicted molar refractivity (Wildman–Crippen MR) is 75.6 cm³/mol. The van der Waals surface area contributed by atoms with Crippen LogP contribution in [0.5, 0.6) is 0 Å². The Hall–Kier alpha value is -0.550. The van der Waals surface area contributed by atoms with Crippen LogP contribution >= 0.6 is 11.8 Å². The Labute approximate surface area is 114 Å². The maximum absolute atomic E-state index is 5.65. The highest BCUT2D eigenvalue weighted by Gasteiger charge is 2.26. The van der Waals surface area contributed by atoms with E-state index < -0.39 is 0 Å². The topological polar surface area (TPSA) is 56.7 Å². The molecule has 0 aliphatic heterocycles. The Morgan fingerprint density at radius 3 is 2.50 bits per heavy atom. The van der Waals surface area contributed by atoms with Crippen molar-refractivity contribution in [2.75, 3.05) is 6.54 Å². The fourth-order valence-electron chi connectivity index (χ4n) is 2.95. The van der Waals surface area contributed by atoms with Gasteiger partial charge in [0.15, 0.2) is 5.16 Å². The van der Waals surface area contributed by atoms with E-state index in [0.717, 1.165) is 29.4 Å². The molecule has 2 N–H and O–H groups in total. The van der Waals surface area contributed by atoms with Gasteiger partial charge in [0.25, 0.3) is 0 Å². The molecule has 2 rings (SSSR count). The molecule has 0 saturated heterocycles. The van der Waals surface area contributed by atoms with Crippen molar-refractivity contribution in [1.29, 1.82) is 0 Å². The lowest BCUT2D eigenvalue weighted by Gasteiger charge is -2.30. The van der Waals surface area contributed by atoms with E-state index in [2.05, 4.69) is 28.6 Å². The molecule has 4 nitrogen and oxygen atoms in total. The molecule has 2 unspecified atom stereocenters. The van der Waals surface area contributed by atoms with Crippen LogP contribution in [0.4, 0.5) is 0 Å². The van der Waals surface area contributed by atoms with Gasteiger partial charge in [-0.1, -0.05) is 25.6 Å². The highest BCUT2D eigenvalue weighted by Crippen LogP contribution is 2.38. The lowest BCUT2D eigenvalue weighted by molar-refractivity contribution is 0.308. The fourth-order valence-corrected chi connectivity index (χ4v) is 4.54. The van der Waals surface area contributed by atoms with Crippen molar-refractivity contribution >= 4 is 11.8 Å². The van der Waals surface area contributed by atoms with Gasteiger partial charge >= 0.3 is 0 Å². The fraction of sp³-hybridized carbons (Fsp3) is 0.846. The second-order valence-electron chi connectivity index (χ2n) is 5.63. The molecule has 5 heteroatoms. The summed E-state index contributed by atoms with van der Waals surface area (Å²) in [5, 5.41) is 10.2. The van der Waals surface area contributed by atoms with Gasteiger partial charge in [0.2, 0.25) is 0 Å². The van der Waals surface area contributed by atoms with E-state index in [-0.39, 0.29) is 0 Å². The highest BCUT2D eigenvalue weighted by molar-refractivity contribution is 7.99. The first kappa shape index (κ1) is 13.9. The Balaban J connectivity index is 2.04. The van der Waals surface area contributed by atoms with Gasteiger partial charge in [-0.05, 0) is 38.0 Å². The number of nitrogens with two attached hydrogens (primary N) is 1. The molecule has 2 atom stereocenters. The lowest BCUT2D eigenvalue weighted by atomic mass is 9.83. The first-order valence-electron chi connectivity index (χ1n) is 6.86. The number of hydrogen-bond donors (Lipinski definition) is 1. The average Bonchev–Trinajstić information content (AvgIpc) is 2.60. The maximum atomic E-state index is 5.65. The zero-order chi connectivity index (χ0) is 13.1. The Bertz CT molecular complexity index is 380. The van der Waals surface area contributed by atoms with Gasteiger partial charge in [-0.2, -0.15) is 0 Å². The Morgan fingerprint density at radius 1 is 1.22 bits per heavy atom. The van der Waals surface area contributed by atoms with Crippen LogP contribution in [0.1, 0.15) is 38.9 Å². The second kappa shape index (κ2) is 6.06. The third-order valence-electron chi connectivity index (χ3n) is 3.66. The summed E-state index contributed by atoms with van der Waals surface area (Å²) in [7, 11) is 0. The minimum atomic E-state index is 0.643. The number of thioether (sulfide) groups is 1. The molecule has 0 aromatic carbocycles. The Kier molecular flexibility index (Phi) is 4.67. The largest absolute Gasteiger partial charge is 0.329 e. The first-order valence-corrected chi connectivity index (χ1v) is 7.74. The molecule has 1 aliphatic carbocycles. The zero-order valence-electron chi connectivity index (χ0n) is 11.6. The summed E-state index contributed by atoms with van der Waals surface area (Å²) in [5.41, 5.74) is 5.65. The van der Waals surface area contributed by atoms with Gasteiger partial charge in [-0.3, -0.25) is 0 Å². The second-order valence-corrected chi connectivity index (χ2v) is 6.89. The molecule has 1 aromatic rings. The number of hydrogen-bond acceptors (Lipinski definition) is 4. The molecule has 18 heavy (non-hydrogen) atoms. The van der Waals surface area contributed by atoms with Gasteiger partial charge in [-0.25, -0.2) is 0 Å². The van der Waals surface area contributed by atoms with Gasteiger partial charge in [0.05, 0.1) is 0 Å². The quantitative estimate of drug-likeness (QED) is 0.911. The first-order chi connectivity index (χ1) is 8.60. The molecule has 1 fully saturated rings. The van der Waals surface area contributed by atoms with Crippen LogP contribution in [0.25, 0.3) is 0 Å². The van der Waals surface area contributed by atoms with Crippen molar-refractivity contribution in [1.82, 2.24) is 14.8 Å². The number of aromatic nitrogens is 3. The molecule has 0 bridgehead atoms. The molecule has 1 aliphatic rings. The van der Waals surface area contributed by atoms with Gasteiger partial charge in [-0.15, -0.1) is 10.2 Å². The van der Waals surface area contributed by atoms with Crippen LogP contribution in [0.3, 0.4) is 0 Å². The van der Waals surface area contributed by atoms with Crippen molar-refractivity contribution in [3.8, 4) is 0 Å². The van der Waals surface area contributed by atoms with E-state index in [9.17, 15) is 0 Å². The van der Waals surface area contributed by atoms with Crippen molar-refractivity contribution < 1.29 is 0 Å². The number of aryl methyl sites for hydroxylation is 1. The molecule has 0 amide bonds. The summed E-state index contributed by atoms with van der Waals surface area (Å²) in [4.78, 5) is 0. The molecule has 0 spiro atoms. The van der Waals surface area contributed by atoms with Gasteiger partial charge < -0.3 is 10.3 Å². The molecule has 102 valence electrons. The molecular weight excluding hydrogens is 244 g/mol. The summed E-state index contributed by atoms with van der Waals surface area (Å²) in [6, 6.07) is 0. The Morgan fingerprint density at radius 2 is 1.89 bits per heavy atom. The third kappa shape index (κ3) is 3.26. The minimum absolute atomic E-state index is 0.643. The molecule has 0 radical (unpaired) electrons. The minimum Gasteiger partial charge on any atom is -0.329 e. The molecule has 1 saturated carbocycles. The van der Waals surface area contributed by atoms with Crippen molar-refractivity contribution in [3.05, 3.63) is 5.82 Å². The summed E-state index contributed by atoms with van der Waals surface area (Å²) >= 11 is 1.89. The lowest BCUT2D eigenvalue weighted by Crippen LogP contribution is -2.22. The van der Waals surface area contributed by atoms with E-state index in [0.29, 0.717) is 11.8 Å². The predicted octanol–water partition coefficient (Wildman–Crippen LogP) is 2.46. The molecule has 1 aromatic heterocycles. The smallest absolute Gasteiger partial charge is 0.191 e. The van der Waals surface area contributed by atoms with Crippen LogP contribution in [-0.2, 0) is 6.54 Å². The zero-order valence-corrected chi connectivity index (χ0v) is 12.4. The third-order valence-corrected chi connectivity index (χ3v) is 4.89. The van der Waals surface area contributed by atoms with Crippen LogP contribution in [-0.4, -0.2) is 26.6 Å². The maximum Gasteiger partial charge on any atom is 0.191 e. The summed E-state index contributed by atoms with van der Waals surface area (Å²) in [6.45, 7) is 8.18. The highest BCUT2D eigenvalue weighted by atomic mass is 32.2. The average molecular weight is 268 g/mol. The van der Waals surface area contributed by atoms with Crippen LogP contribution < -0.4 is 5.73 Å². The van der Waals surface area contributed by atoms with E-state index in [1.165, 1.54) is 19.3 Å². The van der Waals surface area contributed by atoms with Crippen molar-refractivity contribution in [2.45, 2.75) is 57.0 Å². The van der Waals surface area contributed by atoms with E-state index >= 15 is 0 Å². The normalized spacial score (nSPS) is 28.6. The summed E-state index contributed by atoms with van der Waals surface area (Å²) < 4.78 is 2.15. The van der Waals surface area contributed by atoms with Gasteiger partial charge in [0, 0.05) is 18.3 Å². The molecule has 1 heterocycles. The van der Waals surface area contributed by atoms with Crippen LogP contribution in [0, 0.1) is 18.8 Å². The number of nitrogens with zero attached hydrogens (tertiary/aromatic N) is 3. The summed E-state index contributed by atoms with van der Waals surface area (Å²) in [5.74, 6) is 2.64. The molecular formula is C13H24N4S. The van der Waals surface area contributed by atoms with Crippen molar-refractivity contribution in [3.63, 3.8) is 0 Å².